The zero-order valence-corrected chi connectivity index (χ0v) is 15.5. The first-order chi connectivity index (χ1) is 11.9. The second-order valence-electron chi connectivity index (χ2n) is 5.99. The van der Waals surface area contributed by atoms with Crippen LogP contribution in [0.3, 0.4) is 0 Å². The minimum absolute atomic E-state index is 0.286. The van der Waals surface area contributed by atoms with Crippen molar-refractivity contribution in [2.75, 3.05) is 13.7 Å². The van der Waals surface area contributed by atoms with E-state index in [9.17, 15) is 9.90 Å². The van der Waals surface area contributed by atoms with Gasteiger partial charge in [0.15, 0.2) is 10.6 Å². The third kappa shape index (κ3) is 3.48. The number of carbonyl (C=O) groups excluding carboxylic acids is 1. The SMILES string of the molecule is COC(=O)[C@@H]1C[C@@H](O)CN1Cn1nc(-c2ccccc2Cl)n(C)c1=S. The Bertz CT molecular complexity index is 850. The summed E-state index contributed by atoms with van der Waals surface area (Å²) in [4.78, 5) is 13.7. The van der Waals surface area contributed by atoms with Crippen LogP contribution >= 0.6 is 23.8 Å². The van der Waals surface area contributed by atoms with Gasteiger partial charge in [-0.3, -0.25) is 9.69 Å². The number of hydrogen-bond acceptors (Lipinski definition) is 6. The van der Waals surface area contributed by atoms with Crippen molar-refractivity contribution in [3.8, 4) is 11.4 Å². The average Bonchev–Trinajstić information content (AvgIpc) is 3.09. The van der Waals surface area contributed by atoms with Gasteiger partial charge in [0.25, 0.3) is 0 Å². The lowest BCUT2D eigenvalue weighted by molar-refractivity contribution is -0.146. The molecule has 0 bridgehead atoms. The predicted octanol–water partition coefficient (Wildman–Crippen LogP) is 1.84. The number of aromatic nitrogens is 3. The molecule has 0 radical (unpaired) electrons. The van der Waals surface area contributed by atoms with Crippen molar-refractivity contribution in [2.24, 2.45) is 7.05 Å². The molecular formula is C16H19ClN4O3S. The van der Waals surface area contributed by atoms with Gasteiger partial charge in [-0.15, -0.1) is 0 Å². The topological polar surface area (TPSA) is 72.5 Å². The number of esters is 1. The van der Waals surface area contributed by atoms with Crippen LogP contribution in [0.4, 0.5) is 0 Å². The number of aliphatic hydroxyl groups is 1. The number of aliphatic hydroxyl groups excluding tert-OH is 1. The van der Waals surface area contributed by atoms with Crippen molar-refractivity contribution in [1.29, 1.82) is 0 Å². The van der Waals surface area contributed by atoms with Gasteiger partial charge in [-0.25, -0.2) is 4.68 Å². The Morgan fingerprint density at radius 3 is 2.88 bits per heavy atom. The molecule has 1 fully saturated rings. The predicted molar refractivity (Wildman–Crippen MR) is 95.6 cm³/mol. The Kier molecular flexibility index (Phi) is 5.24. The van der Waals surface area contributed by atoms with Gasteiger partial charge in [-0.1, -0.05) is 23.7 Å². The van der Waals surface area contributed by atoms with E-state index in [2.05, 4.69) is 5.10 Å². The summed E-state index contributed by atoms with van der Waals surface area (Å²) < 4.78 is 8.73. The first-order valence-corrected chi connectivity index (χ1v) is 8.59. The van der Waals surface area contributed by atoms with Crippen LogP contribution in [0.5, 0.6) is 0 Å². The Morgan fingerprint density at radius 1 is 1.48 bits per heavy atom. The molecule has 1 saturated heterocycles. The first kappa shape index (κ1) is 18.1. The van der Waals surface area contributed by atoms with Crippen molar-refractivity contribution >= 4 is 29.8 Å². The van der Waals surface area contributed by atoms with Crippen molar-refractivity contribution in [3.63, 3.8) is 0 Å². The number of halogens is 1. The number of benzene rings is 1. The van der Waals surface area contributed by atoms with Crippen LogP contribution in [-0.4, -0.2) is 56.1 Å². The summed E-state index contributed by atoms with van der Waals surface area (Å²) in [6.07, 6.45) is -0.241. The van der Waals surface area contributed by atoms with Crippen LogP contribution in [0.2, 0.25) is 5.02 Å². The minimum atomic E-state index is -0.579. The molecule has 2 aromatic rings. The monoisotopic (exact) mass is 382 g/mol. The summed E-state index contributed by atoms with van der Waals surface area (Å²) in [7, 11) is 3.16. The summed E-state index contributed by atoms with van der Waals surface area (Å²) in [6, 6.07) is 6.90. The van der Waals surface area contributed by atoms with Gasteiger partial charge in [-0.05, 0) is 24.4 Å². The highest BCUT2D eigenvalue weighted by molar-refractivity contribution is 7.71. The van der Waals surface area contributed by atoms with E-state index in [1.54, 1.807) is 15.3 Å². The van der Waals surface area contributed by atoms with Crippen LogP contribution < -0.4 is 0 Å². The maximum atomic E-state index is 11.9. The standard InChI is InChI=1S/C16H19ClN4O3S/c1-19-14(11-5-3-4-6-12(11)17)18-21(16(19)25)9-20-8-10(22)7-13(20)15(23)24-2/h3-6,10,13,22H,7-9H2,1-2H3/t10-,13+/m1/s1. The van der Waals surface area contributed by atoms with Gasteiger partial charge in [0, 0.05) is 25.6 Å². The van der Waals surface area contributed by atoms with Crippen LogP contribution in [0.25, 0.3) is 11.4 Å². The Labute approximate surface area is 155 Å². The average molecular weight is 383 g/mol. The molecule has 1 aliphatic rings. The zero-order chi connectivity index (χ0) is 18.1. The highest BCUT2D eigenvalue weighted by atomic mass is 35.5. The Morgan fingerprint density at radius 2 is 2.20 bits per heavy atom. The van der Waals surface area contributed by atoms with Crippen LogP contribution in [-0.2, 0) is 23.2 Å². The third-order valence-electron chi connectivity index (χ3n) is 4.33. The van der Waals surface area contributed by atoms with E-state index in [1.165, 1.54) is 7.11 Å². The fourth-order valence-corrected chi connectivity index (χ4v) is 3.45. The van der Waals surface area contributed by atoms with Crippen molar-refractivity contribution < 1.29 is 14.6 Å². The maximum Gasteiger partial charge on any atom is 0.323 e. The molecule has 25 heavy (non-hydrogen) atoms. The van der Waals surface area contributed by atoms with E-state index >= 15 is 0 Å². The molecule has 134 valence electrons. The lowest BCUT2D eigenvalue weighted by atomic mass is 10.2. The van der Waals surface area contributed by atoms with Gasteiger partial charge in [-0.2, -0.15) is 5.10 Å². The van der Waals surface area contributed by atoms with E-state index in [4.69, 9.17) is 28.6 Å². The van der Waals surface area contributed by atoms with Gasteiger partial charge in [0.1, 0.15) is 6.04 Å². The van der Waals surface area contributed by atoms with Crippen molar-refractivity contribution in [2.45, 2.75) is 25.2 Å². The molecule has 0 spiro atoms. The van der Waals surface area contributed by atoms with E-state index in [0.717, 1.165) is 5.56 Å². The molecule has 9 heteroatoms. The summed E-state index contributed by atoms with van der Waals surface area (Å²) in [5.41, 5.74) is 0.780. The lowest BCUT2D eigenvalue weighted by Gasteiger charge is -2.21. The molecule has 1 aromatic heterocycles. The minimum Gasteiger partial charge on any atom is -0.468 e. The number of rotatable bonds is 4. The number of likely N-dealkylation sites (tertiary alicyclic amines) is 1. The molecule has 7 nitrogen and oxygen atoms in total. The smallest absolute Gasteiger partial charge is 0.323 e. The quantitative estimate of drug-likeness (QED) is 0.642. The van der Waals surface area contributed by atoms with Crippen molar-refractivity contribution in [1.82, 2.24) is 19.2 Å². The fourth-order valence-electron chi connectivity index (χ4n) is 3.05. The molecule has 1 aromatic carbocycles. The molecule has 1 aliphatic heterocycles. The second-order valence-corrected chi connectivity index (χ2v) is 6.76. The highest BCUT2D eigenvalue weighted by Crippen LogP contribution is 2.26. The molecule has 2 atom stereocenters. The normalized spacial score (nSPS) is 20.8. The summed E-state index contributed by atoms with van der Waals surface area (Å²) in [5, 5.41) is 15.1. The number of ether oxygens (including phenoxy) is 1. The van der Waals surface area contributed by atoms with Crippen molar-refractivity contribution in [3.05, 3.63) is 34.1 Å². The lowest BCUT2D eigenvalue weighted by Crippen LogP contribution is -2.38. The fraction of sp³-hybridized carbons (Fsp3) is 0.438. The van der Waals surface area contributed by atoms with Crippen LogP contribution in [0.15, 0.2) is 24.3 Å². The van der Waals surface area contributed by atoms with E-state index in [1.807, 2.05) is 30.1 Å². The number of methoxy groups -OCH3 is 1. The van der Waals surface area contributed by atoms with Gasteiger partial charge in [0.2, 0.25) is 0 Å². The summed E-state index contributed by atoms with van der Waals surface area (Å²) in [5.74, 6) is 0.273. The molecule has 3 rings (SSSR count). The van der Waals surface area contributed by atoms with Crippen LogP contribution in [0, 0.1) is 4.77 Å². The Hall–Kier alpha value is -1.74. The third-order valence-corrected chi connectivity index (χ3v) is 5.14. The molecular weight excluding hydrogens is 364 g/mol. The number of nitrogens with zero attached hydrogens (tertiary/aromatic N) is 4. The zero-order valence-electron chi connectivity index (χ0n) is 13.9. The van der Waals surface area contributed by atoms with Gasteiger partial charge in [0.05, 0.1) is 24.9 Å². The number of carbonyl (C=O) groups is 1. The molecule has 0 saturated carbocycles. The number of β-amino-alcohol motifs (C(OH)–C–C–N with tert-alkyl or cyclic N) is 1. The number of hydrogen-bond donors (Lipinski definition) is 1. The van der Waals surface area contributed by atoms with Gasteiger partial charge < -0.3 is 14.4 Å². The Balaban J connectivity index is 1.92. The van der Waals surface area contributed by atoms with Crippen LogP contribution in [0.1, 0.15) is 6.42 Å². The first-order valence-electron chi connectivity index (χ1n) is 7.81. The maximum absolute atomic E-state index is 11.9. The van der Waals surface area contributed by atoms with E-state index in [0.29, 0.717) is 28.6 Å². The molecule has 0 aliphatic carbocycles. The van der Waals surface area contributed by atoms with E-state index in [-0.39, 0.29) is 12.6 Å². The molecule has 0 amide bonds. The van der Waals surface area contributed by atoms with Gasteiger partial charge >= 0.3 is 5.97 Å². The molecule has 0 unspecified atom stereocenters. The second kappa shape index (κ2) is 7.25. The highest BCUT2D eigenvalue weighted by Gasteiger charge is 2.37. The van der Waals surface area contributed by atoms with E-state index < -0.39 is 12.1 Å². The molecule has 1 N–H and O–H groups in total. The summed E-state index contributed by atoms with van der Waals surface area (Å²) >= 11 is 11.7. The largest absolute Gasteiger partial charge is 0.468 e. The summed E-state index contributed by atoms with van der Waals surface area (Å²) in [6.45, 7) is 0.646. The molecule has 2 heterocycles.